The van der Waals surface area contributed by atoms with Crippen molar-refractivity contribution < 1.29 is 13.9 Å². The molecule has 76 valence electrons. The first-order valence-electron chi connectivity index (χ1n) is 4.20. The molecule has 0 aromatic heterocycles. The molecule has 1 aromatic carbocycles. The van der Waals surface area contributed by atoms with E-state index in [1.54, 1.807) is 25.1 Å². The first-order valence-corrected chi connectivity index (χ1v) is 4.99. The van der Waals surface area contributed by atoms with Gasteiger partial charge in [0.15, 0.2) is 5.78 Å². The fraction of sp³-hybridized carbons (Fsp3) is 0.300. The highest BCUT2D eigenvalue weighted by Gasteiger charge is 2.07. The number of ketones is 1. The van der Waals surface area contributed by atoms with Crippen molar-refractivity contribution in [2.75, 3.05) is 6.86 Å². The number of carbonyl (C=O) groups is 1. The number of ether oxygens (including phenoxy) is 1. The molecule has 0 saturated carbocycles. The summed E-state index contributed by atoms with van der Waals surface area (Å²) in [6, 6.07) is 4.84. The van der Waals surface area contributed by atoms with Crippen LogP contribution < -0.4 is 4.74 Å². The maximum Gasteiger partial charge on any atom is 0.228 e. The first-order chi connectivity index (χ1) is 6.69. The van der Waals surface area contributed by atoms with Crippen molar-refractivity contribution in [1.29, 1.82) is 0 Å². The molecular formula is C10H10BrFO2. The highest BCUT2D eigenvalue weighted by molar-refractivity contribution is 9.10. The third kappa shape index (κ3) is 2.54. The largest absolute Gasteiger partial charge is 0.462 e. The van der Waals surface area contributed by atoms with Crippen LogP contribution in [0, 0.1) is 0 Å². The Labute approximate surface area is 90.2 Å². The quantitative estimate of drug-likeness (QED) is 0.777. The van der Waals surface area contributed by atoms with Crippen molar-refractivity contribution in [2.24, 2.45) is 0 Å². The Bertz CT molecular complexity index is 339. The van der Waals surface area contributed by atoms with Gasteiger partial charge in [-0.2, -0.15) is 0 Å². The first kappa shape index (κ1) is 11.2. The predicted molar refractivity (Wildman–Crippen MR) is 55.4 cm³/mol. The van der Waals surface area contributed by atoms with E-state index in [0.717, 1.165) is 0 Å². The minimum Gasteiger partial charge on any atom is -0.462 e. The summed E-state index contributed by atoms with van der Waals surface area (Å²) < 4.78 is 17.1. The summed E-state index contributed by atoms with van der Waals surface area (Å²) in [5.74, 6) is 0.456. The van der Waals surface area contributed by atoms with Crippen molar-refractivity contribution in [3.05, 3.63) is 28.2 Å². The number of Topliss-reactive ketones (excluding diaryl/α,β-unsaturated/α-hetero) is 1. The number of alkyl halides is 1. The van der Waals surface area contributed by atoms with Gasteiger partial charge in [0.1, 0.15) is 5.75 Å². The monoisotopic (exact) mass is 260 g/mol. The number of hydrogen-bond acceptors (Lipinski definition) is 2. The van der Waals surface area contributed by atoms with Crippen LogP contribution in [0.15, 0.2) is 22.7 Å². The zero-order valence-electron chi connectivity index (χ0n) is 7.72. The van der Waals surface area contributed by atoms with Gasteiger partial charge in [0.2, 0.25) is 6.86 Å². The minimum atomic E-state index is -0.875. The summed E-state index contributed by atoms with van der Waals surface area (Å²) in [4.78, 5) is 11.3. The van der Waals surface area contributed by atoms with Crippen LogP contribution >= 0.6 is 15.9 Å². The molecule has 0 heterocycles. The summed E-state index contributed by atoms with van der Waals surface area (Å²) >= 11 is 3.20. The van der Waals surface area contributed by atoms with E-state index in [4.69, 9.17) is 0 Å². The summed E-state index contributed by atoms with van der Waals surface area (Å²) in [5, 5.41) is 0. The summed E-state index contributed by atoms with van der Waals surface area (Å²) in [5.41, 5.74) is 0.602. The molecule has 4 heteroatoms. The van der Waals surface area contributed by atoms with Gasteiger partial charge in [-0.3, -0.25) is 4.79 Å². The molecular weight excluding hydrogens is 251 g/mol. The lowest BCUT2D eigenvalue weighted by Crippen LogP contribution is -1.97. The molecule has 0 spiro atoms. The van der Waals surface area contributed by atoms with Crippen LogP contribution in [0.1, 0.15) is 23.7 Å². The molecule has 0 unspecified atom stereocenters. The minimum absolute atomic E-state index is 0.0532. The molecule has 0 amide bonds. The normalized spacial score (nSPS) is 9.93. The molecule has 14 heavy (non-hydrogen) atoms. The Kier molecular flexibility index (Phi) is 4.07. The maximum absolute atomic E-state index is 11.9. The van der Waals surface area contributed by atoms with Gasteiger partial charge in [-0.15, -0.1) is 0 Å². The van der Waals surface area contributed by atoms with Gasteiger partial charge in [0.25, 0.3) is 0 Å². The lowest BCUT2D eigenvalue weighted by Gasteiger charge is -2.05. The van der Waals surface area contributed by atoms with Crippen molar-refractivity contribution in [1.82, 2.24) is 0 Å². The molecule has 0 N–H and O–H groups in total. The van der Waals surface area contributed by atoms with E-state index in [0.29, 0.717) is 22.2 Å². The Morgan fingerprint density at radius 1 is 1.57 bits per heavy atom. The van der Waals surface area contributed by atoms with Crippen LogP contribution in [0.3, 0.4) is 0 Å². The lowest BCUT2D eigenvalue weighted by molar-refractivity contribution is 0.0988. The van der Waals surface area contributed by atoms with Gasteiger partial charge in [-0.1, -0.05) is 6.92 Å². The molecule has 0 saturated heterocycles. The Balaban J connectivity index is 2.94. The van der Waals surface area contributed by atoms with E-state index in [9.17, 15) is 9.18 Å². The molecule has 1 aromatic rings. The van der Waals surface area contributed by atoms with Crippen LogP contribution in [-0.4, -0.2) is 12.6 Å². The van der Waals surface area contributed by atoms with E-state index in [-0.39, 0.29) is 5.78 Å². The number of carbonyl (C=O) groups excluding carboxylic acids is 1. The second-order valence-corrected chi connectivity index (χ2v) is 3.53. The molecule has 0 aliphatic heterocycles. The molecule has 0 fully saturated rings. The van der Waals surface area contributed by atoms with E-state index in [1.807, 2.05) is 0 Å². The summed E-state index contributed by atoms with van der Waals surface area (Å²) in [6.45, 7) is 0.919. The Hall–Kier alpha value is -0.900. The summed E-state index contributed by atoms with van der Waals surface area (Å²) in [6.07, 6.45) is 0.454. The van der Waals surface area contributed by atoms with Crippen LogP contribution in [0.2, 0.25) is 0 Å². The van der Waals surface area contributed by atoms with Gasteiger partial charge in [0.05, 0.1) is 4.47 Å². The molecule has 0 aliphatic carbocycles. The highest BCUT2D eigenvalue weighted by Crippen LogP contribution is 2.26. The van der Waals surface area contributed by atoms with Gasteiger partial charge in [-0.25, -0.2) is 4.39 Å². The fourth-order valence-electron chi connectivity index (χ4n) is 1.05. The van der Waals surface area contributed by atoms with Crippen molar-refractivity contribution in [3.63, 3.8) is 0 Å². The van der Waals surface area contributed by atoms with Gasteiger partial charge in [0, 0.05) is 12.0 Å². The third-order valence-electron chi connectivity index (χ3n) is 1.79. The predicted octanol–water partition coefficient (Wildman–Crippen LogP) is 3.35. The number of hydrogen-bond donors (Lipinski definition) is 0. The van der Waals surface area contributed by atoms with E-state index in [1.165, 1.54) is 0 Å². The zero-order valence-corrected chi connectivity index (χ0v) is 9.30. The van der Waals surface area contributed by atoms with Crippen LogP contribution in [0.4, 0.5) is 4.39 Å². The second kappa shape index (κ2) is 5.10. The van der Waals surface area contributed by atoms with Crippen molar-refractivity contribution >= 4 is 21.7 Å². The molecule has 0 aliphatic rings. The van der Waals surface area contributed by atoms with Crippen LogP contribution in [-0.2, 0) is 0 Å². The van der Waals surface area contributed by atoms with Gasteiger partial charge >= 0.3 is 0 Å². The van der Waals surface area contributed by atoms with Crippen LogP contribution in [0.25, 0.3) is 0 Å². The van der Waals surface area contributed by atoms with Gasteiger partial charge < -0.3 is 4.74 Å². The molecule has 0 atom stereocenters. The SMILES string of the molecule is CCC(=O)c1ccc(OCF)c(Br)c1. The Morgan fingerprint density at radius 2 is 2.29 bits per heavy atom. The molecule has 2 nitrogen and oxygen atoms in total. The van der Waals surface area contributed by atoms with E-state index < -0.39 is 6.86 Å². The van der Waals surface area contributed by atoms with Crippen LogP contribution in [0.5, 0.6) is 5.75 Å². The van der Waals surface area contributed by atoms with Crippen molar-refractivity contribution in [2.45, 2.75) is 13.3 Å². The molecule has 0 radical (unpaired) electrons. The summed E-state index contributed by atoms with van der Waals surface area (Å²) in [7, 11) is 0. The second-order valence-electron chi connectivity index (χ2n) is 2.68. The average Bonchev–Trinajstić information content (AvgIpc) is 2.20. The average molecular weight is 261 g/mol. The molecule has 0 bridgehead atoms. The number of halogens is 2. The topological polar surface area (TPSA) is 26.3 Å². The third-order valence-corrected chi connectivity index (χ3v) is 2.40. The highest BCUT2D eigenvalue weighted by atomic mass is 79.9. The number of rotatable bonds is 4. The smallest absolute Gasteiger partial charge is 0.228 e. The zero-order chi connectivity index (χ0) is 10.6. The maximum atomic E-state index is 11.9. The number of benzene rings is 1. The van der Waals surface area contributed by atoms with Crippen molar-refractivity contribution in [3.8, 4) is 5.75 Å². The Morgan fingerprint density at radius 3 is 2.79 bits per heavy atom. The fourth-order valence-corrected chi connectivity index (χ4v) is 1.55. The molecule has 1 rings (SSSR count). The van der Waals surface area contributed by atoms with Gasteiger partial charge in [-0.05, 0) is 34.1 Å². The lowest BCUT2D eigenvalue weighted by atomic mass is 10.1. The van der Waals surface area contributed by atoms with E-state index >= 15 is 0 Å². The standard InChI is InChI=1S/C10H10BrFO2/c1-2-9(13)7-3-4-10(14-6-12)8(11)5-7/h3-5H,2,6H2,1H3. The van der Waals surface area contributed by atoms with E-state index in [2.05, 4.69) is 20.7 Å².